The summed E-state index contributed by atoms with van der Waals surface area (Å²) in [5.74, 6) is -1.54. The van der Waals surface area contributed by atoms with Crippen LogP contribution >= 0.6 is 11.3 Å². The Labute approximate surface area is 120 Å². The second kappa shape index (κ2) is 4.84. The minimum atomic E-state index is -0.765. The van der Waals surface area contributed by atoms with Crippen LogP contribution in [0.2, 0.25) is 0 Å². The molecule has 9 heteroatoms. The number of hydrogen-bond acceptors (Lipinski definition) is 6. The zero-order valence-corrected chi connectivity index (χ0v) is 11.0. The molecule has 0 saturated heterocycles. The fourth-order valence-electron chi connectivity index (χ4n) is 1.79. The van der Waals surface area contributed by atoms with E-state index in [0.29, 0.717) is 4.96 Å². The minimum Gasteiger partial charge on any atom is -0.431 e. The summed E-state index contributed by atoms with van der Waals surface area (Å²) in [7, 11) is 0. The van der Waals surface area contributed by atoms with Crippen molar-refractivity contribution in [2.45, 2.75) is 0 Å². The van der Waals surface area contributed by atoms with Gasteiger partial charge >= 0.3 is 11.7 Å². The van der Waals surface area contributed by atoms with E-state index in [1.807, 2.05) is 0 Å². The number of aromatic nitrogens is 2. The largest absolute Gasteiger partial charge is 0.431 e. The molecule has 0 aliphatic heterocycles. The number of halogens is 1. The van der Waals surface area contributed by atoms with Gasteiger partial charge in [-0.1, -0.05) is 17.4 Å². The number of benzene rings is 1. The molecule has 7 nitrogen and oxygen atoms in total. The van der Waals surface area contributed by atoms with Gasteiger partial charge < -0.3 is 14.9 Å². The molecule has 0 radical (unpaired) electrons. The average molecular weight is 304 g/mol. The Morgan fingerprint density at radius 1 is 1.52 bits per heavy atom. The van der Waals surface area contributed by atoms with Crippen LogP contribution in [0.4, 0.5) is 10.2 Å². The van der Waals surface area contributed by atoms with Crippen molar-refractivity contribution in [1.82, 2.24) is 9.38 Å². The number of hydrogen-bond donors (Lipinski definition) is 0. The van der Waals surface area contributed by atoms with E-state index < -0.39 is 10.7 Å². The van der Waals surface area contributed by atoms with Crippen LogP contribution in [-0.2, 0) is 0 Å². The summed E-state index contributed by atoms with van der Waals surface area (Å²) in [5.41, 5.74) is -0.330. The van der Waals surface area contributed by atoms with Gasteiger partial charge in [0, 0.05) is 5.38 Å². The van der Waals surface area contributed by atoms with Crippen LogP contribution in [0.5, 0.6) is 11.6 Å². The number of rotatable bonds is 3. The number of imidazole rings is 1. The quantitative estimate of drug-likeness (QED) is 0.547. The topological polar surface area (TPSA) is 93.5 Å². The van der Waals surface area contributed by atoms with Crippen molar-refractivity contribution in [3.8, 4) is 17.7 Å². The zero-order valence-electron chi connectivity index (χ0n) is 10.2. The Kier molecular flexibility index (Phi) is 3.00. The number of ether oxygens (including phenoxy) is 1. The molecule has 0 fully saturated rings. The van der Waals surface area contributed by atoms with Crippen LogP contribution in [0.15, 0.2) is 29.8 Å². The molecule has 0 N–H and O–H groups in total. The first kappa shape index (κ1) is 13.0. The Morgan fingerprint density at radius 3 is 3.05 bits per heavy atom. The lowest BCUT2D eigenvalue weighted by atomic mass is 10.2. The number of nitrogens with zero attached hydrogens (tertiary/aromatic N) is 4. The molecule has 0 aliphatic rings. The van der Waals surface area contributed by atoms with E-state index >= 15 is 0 Å². The summed E-state index contributed by atoms with van der Waals surface area (Å²) in [6.45, 7) is 0. The molecule has 0 saturated carbocycles. The van der Waals surface area contributed by atoms with Gasteiger partial charge in [0.2, 0.25) is 0 Å². The van der Waals surface area contributed by atoms with E-state index in [1.165, 1.54) is 34.1 Å². The Morgan fingerprint density at radius 2 is 2.33 bits per heavy atom. The minimum absolute atomic E-state index is 0.119. The second-order valence-corrected chi connectivity index (χ2v) is 4.75. The van der Waals surface area contributed by atoms with E-state index in [1.54, 1.807) is 11.4 Å². The highest BCUT2D eigenvalue weighted by Gasteiger charge is 2.26. The van der Waals surface area contributed by atoms with Crippen LogP contribution in [0, 0.1) is 27.3 Å². The van der Waals surface area contributed by atoms with Crippen LogP contribution < -0.4 is 4.74 Å². The first-order valence-electron chi connectivity index (χ1n) is 5.58. The van der Waals surface area contributed by atoms with Gasteiger partial charge in [0.25, 0.3) is 4.96 Å². The molecule has 3 aromatic rings. The van der Waals surface area contributed by atoms with Crippen molar-refractivity contribution in [2.24, 2.45) is 0 Å². The van der Waals surface area contributed by atoms with Crippen molar-refractivity contribution in [3.63, 3.8) is 0 Å². The summed E-state index contributed by atoms with van der Waals surface area (Å²) >= 11 is 1.19. The third-order valence-electron chi connectivity index (χ3n) is 2.67. The summed E-state index contributed by atoms with van der Waals surface area (Å²) in [5, 5.41) is 21.7. The summed E-state index contributed by atoms with van der Waals surface area (Å²) in [6, 6.07) is 5.45. The highest BCUT2D eigenvalue weighted by molar-refractivity contribution is 7.15. The number of fused-ring (bicyclic) bond motifs is 1. The lowest BCUT2D eigenvalue weighted by Crippen LogP contribution is -1.97. The van der Waals surface area contributed by atoms with Gasteiger partial charge in [-0.3, -0.25) is 0 Å². The molecule has 0 bridgehead atoms. The maximum atomic E-state index is 13.5. The van der Waals surface area contributed by atoms with Gasteiger partial charge in [-0.25, -0.2) is 4.39 Å². The smallest absolute Gasteiger partial charge is 0.393 e. The lowest BCUT2D eigenvalue weighted by Gasteiger charge is -2.04. The molecule has 21 heavy (non-hydrogen) atoms. The van der Waals surface area contributed by atoms with Gasteiger partial charge in [0.05, 0.1) is 0 Å². The fourth-order valence-corrected chi connectivity index (χ4v) is 2.49. The molecule has 0 amide bonds. The van der Waals surface area contributed by atoms with Crippen molar-refractivity contribution >= 4 is 22.1 Å². The van der Waals surface area contributed by atoms with Gasteiger partial charge in [0.1, 0.15) is 23.6 Å². The average Bonchev–Trinajstić information content (AvgIpc) is 2.98. The first-order valence-corrected chi connectivity index (χ1v) is 6.46. The van der Waals surface area contributed by atoms with E-state index in [2.05, 4.69) is 4.98 Å². The highest BCUT2D eigenvalue weighted by Crippen LogP contribution is 2.34. The van der Waals surface area contributed by atoms with E-state index in [4.69, 9.17) is 10.00 Å². The normalized spacial score (nSPS) is 10.5. The number of thiazole rings is 1. The fraction of sp³-hybridized carbons (Fsp3) is 0. The number of nitriles is 1. The Hall–Kier alpha value is -2.99. The molecule has 2 heterocycles. The van der Waals surface area contributed by atoms with Gasteiger partial charge in [-0.05, 0) is 17.1 Å². The van der Waals surface area contributed by atoms with E-state index in [0.717, 1.165) is 6.07 Å². The summed E-state index contributed by atoms with van der Waals surface area (Å²) in [6.07, 6.45) is 1.48. The molecule has 1 aromatic carbocycles. The van der Waals surface area contributed by atoms with Crippen molar-refractivity contribution in [2.75, 3.05) is 0 Å². The Bertz CT molecular complexity index is 896. The van der Waals surface area contributed by atoms with Crippen molar-refractivity contribution < 1.29 is 14.1 Å². The third kappa shape index (κ3) is 2.07. The zero-order chi connectivity index (χ0) is 15.0. The molecule has 2 aromatic heterocycles. The van der Waals surface area contributed by atoms with E-state index in [-0.39, 0.29) is 23.0 Å². The van der Waals surface area contributed by atoms with Crippen LogP contribution in [0.1, 0.15) is 5.56 Å². The van der Waals surface area contributed by atoms with Crippen LogP contribution in [0.25, 0.3) is 4.96 Å². The van der Waals surface area contributed by atoms with Crippen molar-refractivity contribution in [3.05, 3.63) is 51.3 Å². The lowest BCUT2D eigenvalue weighted by molar-refractivity contribution is -0.391. The predicted molar refractivity (Wildman–Crippen MR) is 70.9 cm³/mol. The molecular weight excluding hydrogens is 299 g/mol. The molecule has 0 unspecified atom stereocenters. The maximum Gasteiger partial charge on any atom is 0.393 e. The van der Waals surface area contributed by atoms with Gasteiger partial charge in [-0.15, -0.1) is 0 Å². The predicted octanol–water partition coefficient (Wildman–Crippen LogP) is 3.11. The molecule has 0 spiro atoms. The number of nitro groups is 1. The SMILES string of the molecule is N#Cc1c(F)cccc1Oc1nc2sccn2c1[N+](=O)[O-]. The van der Waals surface area contributed by atoms with Crippen LogP contribution in [-0.4, -0.2) is 14.3 Å². The molecule has 0 aliphatic carbocycles. The van der Waals surface area contributed by atoms with E-state index in [9.17, 15) is 14.5 Å². The summed E-state index contributed by atoms with van der Waals surface area (Å²) in [4.78, 5) is 14.8. The summed E-state index contributed by atoms with van der Waals surface area (Å²) < 4.78 is 20.0. The van der Waals surface area contributed by atoms with Gasteiger partial charge in [-0.2, -0.15) is 14.6 Å². The molecule has 3 rings (SSSR count). The standard InChI is InChI=1S/C12H5FN4O3S/c13-8-2-1-3-9(7(8)6-14)20-10-11(17(18)19)16-4-5-21-12(16)15-10/h1-5H. The molecular formula is C12H5FN4O3S. The maximum absolute atomic E-state index is 13.5. The first-order chi connectivity index (χ1) is 10.1. The van der Waals surface area contributed by atoms with Crippen LogP contribution in [0.3, 0.4) is 0 Å². The molecule has 104 valence electrons. The third-order valence-corrected chi connectivity index (χ3v) is 3.43. The second-order valence-electron chi connectivity index (χ2n) is 3.88. The van der Waals surface area contributed by atoms with Gasteiger partial charge in [0.15, 0.2) is 5.75 Å². The Balaban J connectivity index is 2.13. The highest BCUT2D eigenvalue weighted by atomic mass is 32.1. The monoisotopic (exact) mass is 304 g/mol. The van der Waals surface area contributed by atoms with Crippen molar-refractivity contribution in [1.29, 1.82) is 5.26 Å². The molecule has 0 atom stereocenters.